The topological polar surface area (TPSA) is 33.3 Å². The van der Waals surface area contributed by atoms with Crippen molar-refractivity contribution in [1.82, 2.24) is 5.32 Å². The van der Waals surface area contributed by atoms with Crippen molar-refractivity contribution in [3.63, 3.8) is 0 Å². The van der Waals surface area contributed by atoms with Crippen LogP contribution in [0.4, 0.5) is 5.69 Å². The van der Waals surface area contributed by atoms with Gasteiger partial charge in [-0.1, -0.05) is 44.2 Å². The molecule has 0 aliphatic heterocycles. The summed E-state index contributed by atoms with van der Waals surface area (Å²) >= 11 is 5.38. The smallest absolute Gasteiger partial charge is 0.171 e. The fourth-order valence-corrected chi connectivity index (χ4v) is 2.64. The SMILES string of the molecule is Cc1ccccc1OC[C@@H](C)NC(=S)Nc1ccc(C(C)C)cc1. The van der Waals surface area contributed by atoms with E-state index in [0.717, 1.165) is 17.0 Å². The Hall–Kier alpha value is -2.07. The lowest BCUT2D eigenvalue weighted by Crippen LogP contribution is -2.39. The minimum atomic E-state index is 0.111. The highest BCUT2D eigenvalue weighted by Crippen LogP contribution is 2.17. The molecule has 0 heterocycles. The summed E-state index contributed by atoms with van der Waals surface area (Å²) < 4.78 is 5.84. The van der Waals surface area contributed by atoms with Crippen molar-refractivity contribution < 1.29 is 4.74 Å². The molecule has 2 aromatic rings. The number of rotatable bonds is 6. The molecule has 0 aliphatic rings. The highest BCUT2D eigenvalue weighted by molar-refractivity contribution is 7.80. The molecule has 0 radical (unpaired) electrons. The Morgan fingerprint density at radius 1 is 1.04 bits per heavy atom. The van der Waals surface area contributed by atoms with Crippen LogP contribution >= 0.6 is 12.2 Å². The van der Waals surface area contributed by atoms with E-state index in [-0.39, 0.29) is 6.04 Å². The Labute approximate surface area is 150 Å². The first kappa shape index (κ1) is 18.3. The molecule has 0 bridgehead atoms. The van der Waals surface area contributed by atoms with Gasteiger partial charge in [0, 0.05) is 5.69 Å². The molecule has 0 aliphatic carbocycles. The fraction of sp³-hybridized carbons (Fsp3) is 0.350. The maximum atomic E-state index is 5.84. The third-order valence-corrected chi connectivity index (χ3v) is 4.02. The molecular formula is C20H26N2OS. The largest absolute Gasteiger partial charge is 0.491 e. The van der Waals surface area contributed by atoms with Gasteiger partial charge >= 0.3 is 0 Å². The van der Waals surface area contributed by atoms with Gasteiger partial charge in [-0.25, -0.2) is 0 Å². The van der Waals surface area contributed by atoms with Crippen LogP contribution in [0.2, 0.25) is 0 Å². The van der Waals surface area contributed by atoms with E-state index < -0.39 is 0 Å². The molecule has 0 saturated carbocycles. The predicted molar refractivity (Wildman–Crippen MR) is 106 cm³/mol. The summed E-state index contributed by atoms with van der Waals surface area (Å²) in [6.07, 6.45) is 0. The van der Waals surface area contributed by atoms with Crippen molar-refractivity contribution in [2.24, 2.45) is 0 Å². The summed E-state index contributed by atoms with van der Waals surface area (Å²) in [7, 11) is 0. The van der Waals surface area contributed by atoms with Gasteiger partial charge in [0.2, 0.25) is 0 Å². The first-order valence-corrected chi connectivity index (χ1v) is 8.72. The summed E-state index contributed by atoms with van der Waals surface area (Å²) in [5.41, 5.74) is 3.44. The second kappa shape index (κ2) is 8.69. The Morgan fingerprint density at radius 3 is 2.33 bits per heavy atom. The average molecular weight is 343 g/mol. The number of nitrogens with one attached hydrogen (secondary N) is 2. The van der Waals surface area contributed by atoms with Crippen molar-refractivity contribution in [2.45, 2.75) is 39.7 Å². The van der Waals surface area contributed by atoms with Crippen molar-refractivity contribution in [3.8, 4) is 5.75 Å². The molecule has 0 unspecified atom stereocenters. The molecular weight excluding hydrogens is 316 g/mol. The molecule has 0 amide bonds. The van der Waals surface area contributed by atoms with E-state index in [1.54, 1.807) is 0 Å². The molecule has 4 heteroatoms. The van der Waals surface area contributed by atoms with Crippen LogP contribution in [0.25, 0.3) is 0 Å². The van der Waals surface area contributed by atoms with E-state index in [1.165, 1.54) is 5.56 Å². The quantitative estimate of drug-likeness (QED) is 0.734. The lowest BCUT2D eigenvalue weighted by atomic mass is 10.0. The van der Waals surface area contributed by atoms with E-state index in [4.69, 9.17) is 17.0 Å². The van der Waals surface area contributed by atoms with E-state index in [1.807, 2.05) is 38.1 Å². The zero-order chi connectivity index (χ0) is 17.5. The highest BCUT2D eigenvalue weighted by atomic mass is 32.1. The standard InChI is InChI=1S/C20H26N2OS/c1-14(2)17-9-11-18(12-10-17)22-20(24)21-16(4)13-23-19-8-6-5-7-15(19)3/h5-12,14,16H,13H2,1-4H3,(H2,21,22,24)/t16-/m1/s1. The van der Waals surface area contributed by atoms with Gasteiger partial charge in [0.05, 0.1) is 6.04 Å². The Balaban J connectivity index is 1.80. The zero-order valence-corrected chi connectivity index (χ0v) is 15.6. The molecule has 24 heavy (non-hydrogen) atoms. The van der Waals surface area contributed by atoms with E-state index >= 15 is 0 Å². The maximum Gasteiger partial charge on any atom is 0.171 e. The highest BCUT2D eigenvalue weighted by Gasteiger charge is 2.07. The zero-order valence-electron chi connectivity index (χ0n) is 14.8. The Bertz CT molecular complexity index is 668. The van der Waals surface area contributed by atoms with Crippen molar-refractivity contribution in [3.05, 3.63) is 59.7 Å². The lowest BCUT2D eigenvalue weighted by Gasteiger charge is -2.18. The molecule has 1 atom stereocenters. The summed E-state index contributed by atoms with van der Waals surface area (Å²) in [5, 5.41) is 7.07. The third-order valence-electron chi connectivity index (χ3n) is 3.80. The van der Waals surface area contributed by atoms with Crippen LogP contribution in [-0.2, 0) is 0 Å². The molecule has 0 saturated heterocycles. The first-order valence-electron chi connectivity index (χ1n) is 8.31. The van der Waals surface area contributed by atoms with Gasteiger partial charge in [0.15, 0.2) is 5.11 Å². The molecule has 2 rings (SSSR count). The van der Waals surface area contributed by atoms with E-state index in [2.05, 4.69) is 48.7 Å². The van der Waals surface area contributed by atoms with Gasteiger partial charge < -0.3 is 15.4 Å². The van der Waals surface area contributed by atoms with Gasteiger partial charge in [0.25, 0.3) is 0 Å². The number of ether oxygens (including phenoxy) is 1. The van der Waals surface area contributed by atoms with Crippen molar-refractivity contribution in [1.29, 1.82) is 0 Å². The van der Waals surface area contributed by atoms with Gasteiger partial charge in [-0.2, -0.15) is 0 Å². The molecule has 2 N–H and O–H groups in total. The van der Waals surface area contributed by atoms with Crippen LogP contribution in [-0.4, -0.2) is 17.8 Å². The minimum absolute atomic E-state index is 0.111. The predicted octanol–water partition coefficient (Wildman–Crippen LogP) is 4.87. The number of para-hydroxylation sites is 1. The van der Waals surface area contributed by atoms with E-state index in [0.29, 0.717) is 17.6 Å². The normalized spacial score (nSPS) is 11.9. The third kappa shape index (κ3) is 5.53. The average Bonchev–Trinajstić information content (AvgIpc) is 2.54. The minimum Gasteiger partial charge on any atom is -0.491 e. The molecule has 0 aromatic heterocycles. The van der Waals surface area contributed by atoms with Crippen LogP contribution in [0.15, 0.2) is 48.5 Å². The van der Waals surface area contributed by atoms with Crippen LogP contribution in [0, 0.1) is 6.92 Å². The monoisotopic (exact) mass is 342 g/mol. The summed E-state index contributed by atoms with van der Waals surface area (Å²) in [6.45, 7) is 9.02. The molecule has 0 fully saturated rings. The Kier molecular flexibility index (Phi) is 6.62. The van der Waals surface area contributed by atoms with Gasteiger partial charge in [-0.05, 0) is 61.3 Å². The van der Waals surface area contributed by atoms with Gasteiger partial charge in [0.1, 0.15) is 12.4 Å². The molecule has 0 spiro atoms. The lowest BCUT2D eigenvalue weighted by molar-refractivity contribution is 0.285. The van der Waals surface area contributed by atoms with Crippen LogP contribution in [0.5, 0.6) is 5.75 Å². The van der Waals surface area contributed by atoms with Crippen LogP contribution in [0.3, 0.4) is 0 Å². The van der Waals surface area contributed by atoms with Crippen LogP contribution in [0.1, 0.15) is 37.8 Å². The summed E-state index contributed by atoms with van der Waals surface area (Å²) in [6, 6.07) is 16.5. The van der Waals surface area contributed by atoms with Gasteiger partial charge in [-0.3, -0.25) is 0 Å². The maximum absolute atomic E-state index is 5.84. The van der Waals surface area contributed by atoms with Crippen molar-refractivity contribution in [2.75, 3.05) is 11.9 Å². The second-order valence-electron chi connectivity index (χ2n) is 6.35. The van der Waals surface area contributed by atoms with Gasteiger partial charge in [-0.15, -0.1) is 0 Å². The molecule has 2 aromatic carbocycles. The molecule has 3 nitrogen and oxygen atoms in total. The summed E-state index contributed by atoms with van der Waals surface area (Å²) in [4.78, 5) is 0. The number of hydrogen-bond acceptors (Lipinski definition) is 2. The fourth-order valence-electron chi connectivity index (χ4n) is 2.32. The van der Waals surface area contributed by atoms with Crippen LogP contribution < -0.4 is 15.4 Å². The second-order valence-corrected chi connectivity index (χ2v) is 6.76. The Morgan fingerprint density at radius 2 is 1.71 bits per heavy atom. The molecule has 128 valence electrons. The number of hydrogen-bond donors (Lipinski definition) is 2. The number of thiocarbonyl (C=S) groups is 1. The summed E-state index contributed by atoms with van der Waals surface area (Å²) in [5.74, 6) is 1.44. The number of benzene rings is 2. The number of aryl methyl sites for hydroxylation is 1. The number of anilines is 1. The van der Waals surface area contributed by atoms with E-state index in [9.17, 15) is 0 Å². The first-order chi connectivity index (χ1) is 11.5. The van der Waals surface area contributed by atoms with Crippen molar-refractivity contribution >= 4 is 23.0 Å².